The molecule has 150 valence electrons. The van der Waals surface area contributed by atoms with E-state index in [1.807, 2.05) is 38.1 Å². The smallest absolute Gasteiger partial charge is 0.273 e. The number of non-ortho nitro benzene ring substituents is 1. The van der Waals surface area contributed by atoms with Crippen LogP contribution in [0.15, 0.2) is 48.2 Å². The second-order valence-corrected chi connectivity index (χ2v) is 6.07. The largest absolute Gasteiger partial charge is 0.494 e. The van der Waals surface area contributed by atoms with Gasteiger partial charge in [0, 0.05) is 18.0 Å². The number of hydrogen-bond donors (Lipinski definition) is 2. The standard InChI is InChI=1S/C21H22N4O4/c1-4-14-7-6-8-15(5-2)20(14)24-21(26)16(12-22)13-23-18-10-9-17(25(27)28)11-19(18)29-3/h6-11,13,23H,4-5H2,1-3H3,(H,24,26)/b16-13-. The van der Waals surface area contributed by atoms with Crippen LogP contribution >= 0.6 is 0 Å². The lowest BCUT2D eigenvalue weighted by Crippen LogP contribution is -2.17. The molecule has 0 heterocycles. The van der Waals surface area contributed by atoms with Crippen molar-refractivity contribution in [3.8, 4) is 11.8 Å². The number of benzene rings is 2. The first-order chi connectivity index (χ1) is 13.9. The third-order valence-electron chi connectivity index (χ3n) is 4.37. The predicted molar refractivity (Wildman–Crippen MR) is 111 cm³/mol. The SMILES string of the molecule is CCc1cccc(CC)c1NC(=O)/C(C#N)=C\Nc1ccc([N+](=O)[O-])cc1OC. The number of methoxy groups -OCH3 is 1. The number of nitrogens with zero attached hydrogens (tertiary/aromatic N) is 2. The minimum Gasteiger partial charge on any atom is -0.494 e. The second-order valence-electron chi connectivity index (χ2n) is 6.07. The molecule has 0 bridgehead atoms. The van der Waals surface area contributed by atoms with E-state index < -0.39 is 10.8 Å². The molecule has 8 nitrogen and oxygen atoms in total. The molecular formula is C21H22N4O4. The van der Waals surface area contributed by atoms with E-state index in [0.29, 0.717) is 5.69 Å². The molecule has 0 radical (unpaired) electrons. The number of aryl methyl sites for hydroxylation is 2. The molecule has 0 saturated carbocycles. The summed E-state index contributed by atoms with van der Waals surface area (Å²) in [7, 11) is 1.37. The lowest BCUT2D eigenvalue weighted by molar-refractivity contribution is -0.384. The van der Waals surface area contributed by atoms with Gasteiger partial charge in [-0.2, -0.15) is 5.26 Å². The van der Waals surface area contributed by atoms with Crippen LogP contribution in [0.2, 0.25) is 0 Å². The molecule has 0 atom stereocenters. The molecule has 8 heteroatoms. The third kappa shape index (κ3) is 5.11. The molecule has 0 aromatic heterocycles. The number of nitrogens with one attached hydrogen (secondary N) is 2. The van der Waals surface area contributed by atoms with Gasteiger partial charge in [0.15, 0.2) is 0 Å². The van der Waals surface area contributed by atoms with Crippen LogP contribution in [0, 0.1) is 21.4 Å². The molecule has 0 aliphatic rings. The fourth-order valence-corrected chi connectivity index (χ4v) is 2.80. The first-order valence-corrected chi connectivity index (χ1v) is 9.06. The van der Waals surface area contributed by atoms with Gasteiger partial charge in [0.1, 0.15) is 17.4 Å². The number of carbonyl (C=O) groups is 1. The van der Waals surface area contributed by atoms with Crippen molar-refractivity contribution in [3.63, 3.8) is 0 Å². The first-order valence-electron chi connectivity index (χ1n) is 9.06. The number of nitro groups is 1. The van der Waals surface area contributed by atoms with Crippen LogP contribution < -0.4 is 15.4 Å². The van der Waals surface area contributed by atoms with Crippen molar-refractivity contribution < 1.29 is 14.5 Å². The van der Waals surface area contributed by atoms with Gasteiger partial charge in [0.25, 0.3) is 11.6 Å². The molecule has 0 aliphatic carbocycles. The monoisotopic (exact) mass is 394 g/mol. The Morgan fingerprint density at radius 1 is 1.24 bits per heavy atom. The Bertz CT molecular complexity index is 970. The molecular weight excluding hydrogens is 372 g/mol. The zero-order valence-corrected chi connectivity index (χ0v) is 16.5. The summed E-state index contributed by atoms with van der Waals surface area (Å²) >= 11 is 0. The van der Waals surface area contributed by atoms with Crippen molar-refractivity contribution in [1.29, 1.82) is 5.26 Å². The van der Waals surface area contributed by atoms with Gasteiger partial charge in [-0.15, -0.1) is 0 Å². The molecule has 0 saturated heterocycles. The number of nitriles is 1. The number of anilines is 2. The summed E-state index contributed by atoms with van der Waals surface area (Å²) in [4.78, 5) is 23.0. The number of carbonyl (C=O) groups excluding carboxylic acids is 1. The van der Waals surface area contributed by atoms with Crippen molar-refractivity contribution in [2.75, 3.05) is 17.7 Å². The van der Waals surface area contributed by atoms with Gasteiger partial charge >= 0.3 is 0 Å². The van der Waals surface area contributed by atoms with Crippen molar-refractivity contribution in [2.24, 2.45) is 0 Å². The van der Waals surface area contributed by atoms with Gasteiger partial charge in [-0.25, -0.2) is 0 Å². The van der Waals surface area contributed by atoms with Crippen molar-refractivity contribution in [2.45, 2.75) is 26.7 Å². The van der Waals surface area contributed by atoms with E-state index in [-0.39, 0.29) is 17.0 Å². The van der Waals surface area contributed by atoms with Gasteiger partial charge in [-0.1, -0.05) is 32.0 Å². The number of para-hydroxylation sites is 1. The summed E-state index contributed by atoms with van der Waals surface area (Å²) < 4.78 is 5.14. The molecule has 0 fully saturated rings. The average molecular weight is 394 g/mol. The highest BCUT2D eigenvalue weighted by molar-refractivity contribution is 6.07. The Hall–Kier alpha value is -3.86. The first kappa shape index (κ1) is 21.4. The predicted octanol–water partition coefficient (Wildman–Crippen LogP) is 4.19. The second kappa shape index (κ2) is 9.90. The molecule has 0 unspecified atom stereocenters. The highest BCUT2D eigenvalue weighted by atomic mass is 16.6. The summed E-state index contributed by atoms with van der Waals surface area (Å²) in [6.07, 6.45) is 2.74. The normalized spacial score (nSPS) is 10.8. The molecule has 0 aliphatic heterocycles. The minimum absolute atomic E-state index is 0.127. The molecule has 2 aromatic rings. The van der Waals surface area contributed by atoms with E-state index in [9.17, 15) is 20.2 Å². The number of ether oxygens (including phenoxy) is 1. The number of nitro benzene ring substituents is 1. The average Bonchev–Trinajstić information content (AvgIpc) is 2.74. The molecule has 1 amide bonds. The van der Waals surface area contributed by atoms with Gasteiger partial charge in [-0.3, -0.25) is 14.9 Å². The summed E-state index contributed by atoms with van der Waals surface area (Å²) in [5.74, 6) is -0.325. The number of rotatable bonds is 8. The van der Waals surface area contributed by atoms with E-state index in [2.05, 4.69) is 10.6 Å². The van der Waals surface area contributed by atoms with Crippen LogP contribution in [0.3, 0.4) is 0 Å². The Labute approximate surface area is 169 Å². The van der Waals surface area contributed by atoms with Crippen LogP contribution in [0.25, 0.3) is 0 Å². The van der Waals surface area contributed by atoms with Gasteiger partial charge in [0.05, 0.1) is 23.8 Å². The number of hydrogen-bond acceptors (Lipinski definition) is 6. The van der Waals surface area contributed by atoms with E-state index >= 15 is 0 Å². The van der Waals surface area contributed by atoms with Crippen molar-refractivity contribution in [1.82, 2.24) is 0 Å². The highest BCUT2D eigenvalue weighted by Gasteiger charge is 2.15. The van der Waals surface area contributed by atoms with Crippen LogP contribution in [-0.2, 0) is 17.6 Å². The summed E-state index contributed by atoms with van der Waals surface area (Å²) in [6, 6.07) is 11.7. The highest BCUT2D eigenvalue weighted by Crippen LogP contribution is 2.29. The lowest BCUT2D eigenvalue weighted by atomic mass is 10.0. The zero-order chi connectivity index (χ0) is 21.4. The van der Waals surface area contributed by atoms with Crippen LogP contribution in [0.4, 0.5) is 17.1 Å². The van der Waals surface area contributed by atoms with E-state index in [1.165, 1.54) is 31.5 Å². The van der Waals surface area contributed by atoms with Crippen molar-refractivity contribution in [3.05, 3.63) is 69.4 Å². The minimum atomic E-state index is -0.545. The lowest BCUT2D eigenvalue weighted by Gasteiger charge is -2.14. The maximum absolute atomic E-state index is 12.6. The van der Waals surface area contributed by atoms with E-state index in [4.69, 9.17) is 4.74 Å². The molecule has 29 heavy (non-hydrogen) atoms. The Balaban J connectivity index is 2.26. The maximum atomic E-state index is 12.6. The third-order valence-corrected chi connectivity index (χ3v) is 4.37. The molecule has 2 rings (SSSR count). The van der Waals surface area contributed by atoms with Gasteiger partial charge in [0.2, 0.25) is 0 Å². The molecule has 0 spiro atoms. The Kier molecular flexibility index (Phi) is 7.32. The van der Waals surface area contributed by atoms with Crippen molar-refractivity contribution >= 4 is 23.0 Å². The topological polar surface area (TPSA) is 117 Å². The van der Waals surface area contributed by atoms with E-state index in [0.717, 1.165) is 29.7 Å². The number of amides is 1. The summed E-state index contributed by atoms with van der Waals surface area (Å²) in [6.45, 7) is 3.99. The Morgan fingerprint density at radius 3 is 2.41 bits per heavy atom. The molecule has 2 N–H and O–H groups in total. The zero-order valence-electron chi connectivity index (χ0n) is 16.5. The maximum Gasteiger partial charge on any atom is 0.273 e. The fraction of sp³-hybridized carbons (Fsp3) is 0.238. The quantitative estimate of drug-likeness (QED) is 0.300. The summed E-state index contributed by atoms with van der Waals surface area (Å²) in [5, 5.41) is 25.9. The van der Waals surface area contributed by atoms with Crippen LogP contribution in [0.1, 0.15) is 25.0 Å². The van der Waals surface area contributed by atoms with Gasteiger partial charge < -0.3 is 15.4 Å². The molecule has 2 aromatic carbocycles. The van der Waals surface area contributed by atoms with Crippen LogP contribution in [0.5, 0.6) is 5.75 Å². The summed E-state index contributed by atoms with van der Waals surface area (Å²) in [5.41, 5.74) is 2.81. The fourth-order valence-electron chi connectivity index (χ4n) is 2.80. The van der Waals surface area contributed by atoms with E-state index in [1.54, 1.807) is 0 Å². The van der Waals surface area contributed by atoms with Gasteiger partial charge in [-0.05, 0) is 30.0 Å². The van der Waals surface area contributed by atoms with Crippen LogP contribution in [-0.4, -0.2) is 17.9 Å². The Morgan fingerprint density at radius 2 is 1.90 bits per heavy atom.